The van der Waals surface area contributed by atoms with E-state index >= 15 is 0 Å². The molecule has 2 N–H and O–H groups in total. The Bertz CT molecular complexity index is 1140. The van der Waals surface area contributed by atoms with Crippen LogP contribution in [0, 0.1) is 6.92 Å². The number of piperazine rings is 1. The molecular weight excluding hydrogens is 435 g/mol. The number of rotatable bonds is 5. The van der Waals surface area contributed by atoms with Crippen molar-refractivity contribution in [2.24, 2.45) is 0 Å². The minimum atomic E-state index is -4.59. The molecule has 0 radical (unpaired) electrons. The average molecular weight is 461 g/mol. The molecule has 3 aromatic heterocycles. The van der Waals surface area contributed by atoms with Gasteiger partial charge in [-0.25, -0.2) is 15.0 Å². The molecule has 1 saturated heterocycles. The summed E-state index contributed by atoms with van der Waals surface area (Å²) in [7, 11) is 0. The molecule has 4 heterocycles. The van der Waals surface area contributed by atoms with Gasteiger partial charge in [0.05, 0.1) is 17.3 Å². The van der Waals surface area contributed by atoms with Crippen molar-refractivity contribution in [3.05, 3.63) is 59.7 Å². The summed E-state index contributed by atoms with van der Waals surface area (Å²) in [5.41, 5.74) is 1.81. The van der Waals surface area contributed by atoms with Crippen LogP contribution in [0.15, 0.2) is 36.9 Å². The molecule has 1 atom stereocenters. The van der Waals surface area contributed by atoms with Crippen molar-refractivity contribution in [2.45, 2.75) is 45.1 Å². The van der Waals surface area contributed by atoms with Gasteiger partial charge in [0.2, 0.25) is 11.7 Å². The van der Waals surface area contributed by atoms with Crippen LogP contribution in [0.2, 0.25) is 0 Å². The molecule has 33 heavy (non-hydrogen) atoms. The number of imidazole rings is 1. The van der Waals surface area contributed by atoms with E-state index in [1.165, 1.54) is 0 Å². The smallest absolute Gasteiger partial charge is 0.343 e. The summed E-state index contributed by atoms with van der Waals surface area (Å²) in [6, 6.07) is 3.43. The largest absolute Gasteiger partial charge is 0.451 e. The Morgan fingerprint density at radius 3 is 2.64 bits per heavy atom. The maximum atomic E-state index is 13.3. The van der Waals surface area contributed by atoms with Crippen molar-refractivity contribution in [1.29, 1.82) is 0 Å². The molecule has 0 unspecified atom stereocenters. The lowest BCUT2D eigenvalue weighted by Gasteiger charge is -2.37. The van der Waals surface area contributed by atoms with Crippen molar-refractivity contribution < 1.29 is 18.0 Å². The maximum absolute atomic E-state index is 13.3. The molecule has 11 heteroatoms. The lowest BCUT2D eigenvalue weighted by Crippen LogP contribution is -2.59. The second kappa shape index (κ2) is 8.71. The van der Waals surface area contributed by atoms with Crippen LogP contribution in [-0.2, 0) is 23.1 Å². The van der Waals surface area contributed by atoms with E-state index in [4.69, 9.17) is 0 Å². The number of hydrogen-bond donors (Lipinski definition) is 2. The van der Waals surface area contributed by atoms with Crippen molar-refractivity contribution in [1.82, 2.24) is 34.9 Å². The van der Waals surface area contributed by atoms with E-state index in [1.807, 2.05) is 48.4 Å². The number of aromatic nitrogens is 4. The predicted octanol–water partition coefficient (Wildman–Crippen LogP) is 2.28. The summed E-state index contributed by atoms with van der Waals surface area (Å²) in [5, 5.41) is 6.32. The third-order valence-corrected chi connectivity index (χ3v) is 5.78. The second-order valence-corrected chi connectivity index (χ2v) is 8.75. The van der Waals surface area contributed by atoms with Gasteiger partial charge in [0.15, 0.2) is 0 Å². The van der Waals surface area contributed by atoms with Crippen molar-refractivity contribution >= 4 is 11.4 Å². The Labute approximate surface area is 189 Å². The Hall–Kier alpha value is -3.05. The molecule has 176 valence electrons. The lowest BCUT2D eigenvalue weighted by molar-refractivity contribution is -0.145. The summed E-state index contributed by atoms with van der Waals surface area (Å²) in [4.78, 5) is 26.6. The van der Waals surface area contributed by atoms with Gasteiger partial charge in [-0.3, -0.25) is 9.69 Å². The fourth-order valence-electron chi connectivity index (χ4n) is 4.08. The third kappa shape index (κ3) is 4.83. The molecule has 1 amide bonds. The van der Waals surface area contributed by atoms with Gasteiger partial charge in [-0.2, -0.15) is 13.2 Å². The predicted molar refractivity (Wildman–Crippen MR) is 115 cm³/mol. The first-order chi connectivity index (χ1) is 15.6. The van der Waals surface area contributed by atoms with Gasteiger partial charge in [0.1, 0.15) is 11.9 Å². The van der Waals surface area contributed by atoms with Crippen LogP contribution in [0.4, 0.5) is 13.2 Å². The Kier molecular flexibility index (Phi) is 6.10. The number of carbonyl (C=O) groups excluding carboxylic acids is 1. The number of pyridine rings is 1. The molecule has 0 aromatic carbocycles. The average Bonchev–Trinajstić information content (AvgIpc) is 3.20. The summed E-state index contributed by atoms with van der Waals surface area (Å²) < 4.78 is 40.2. The van der Waals surface area contributed by atoms with Crippen LogP contribution in [0.5, 0.6) is 0 Å². The molecule has 4 rings (SSSR count). The number of nitrogens with zero attached hydrogens (tertiary/aromatic N) is 5. The molecule has 0 bridgehead atoms. The number of fused-ring (bicyclic) bond motifs is 1. The summed E-state index contributed by atoms with van der Waals surface area (Å²) in [6.07, 6.45) is 1.44. The molecular formula is C22H26F3N7O. The first-order valence-corrected chi connectivity index (χ1v) is 10.6. The van der Waals surface area contributed by atoms with E-state index in [-0.39, 0.29) is 12.5 Å². The first-order valence-electron chi connectivity index (χ1n) is 10.6. The normalized spacial score (nSPS) is 17.9. The van der Waals surface area contributed by atoms with Crippen LogP contribution >= 0.6 is 0 Å². The standard InChI is InChI=1S/C22H26F3N7O/c1-14-5-4-7-32-16(14)12-29-20(32)21(2,3)30-18(33)17-11-26-6-8-31(17)13-15-9-27-19(28-10-15)22(23,24)25/h4-5,7,9-10,12,17,26H,6,8,11,13H2,1-3H3,(H,30,33)/t17-/m0/s1. The third-order valence-electron chi connectivity index (χ3n) is 5.78. The minimum Gasteiger partial charge on any atom is -0.343 e. The highest BCUT2D eigenvalue weighted by molar-refractivity contribution is 5.83. The molecule has 0 aliphatic carbocycles. The van der Waals surface area contributed by atoms with Gasteiger partial charge in [-0.15, -0.1) is 0 Å². The van der Waals surface area contributed by atoms with Crippen LogP contribution in [0.3, 0.4) is 0 Å². The van der Waals surface area contributed by atoms with E-state index < -0.39 is 23.6 Å². The van der Waals surface area contributed by atoms with E-state index in [9.17, 15) is 18.0 Å². The molecule has 0 spiro atoms. The minimum absolute atomic E-state index is 0.190. The molecule has 1 fully saturated rings. The Balaban J connectivity index is 1.50. The number of halogens is 3. The van der Waals surface area contributed by atoms with Crippen LogP contribution in [-0.4, -0.2) is 55.8 Å². The lowest BCUT2D eigenvalue weighted by atomic mass is 10.0. The van der Waals surface area contributed by atoms with Crippen LogP contribution < -0.4 is 10.6 Å². The fraction of sp³-hybridized carbons (Fsp3) is 0.455. The number of hydrogen-bond acceptors (Lipinski definition) is 6. The summed E-state index contributed by atoms with van der Waals surface area (Å²) in [6.45, 7) is 7.71. The Morgan fingerprint density at radius 1 is 1.21 bits per heavy atom. The number of amides is 1. The zero-order chi connectivity index (χ0) is 23.8. The molecule has 1 aliphatic rings. The van der Waals surface area contributed by atoms with Crippen molar-refractivity contribution in [3.63, 3.8) is 0 Å². The van der Waals surface area contributed by atoms with E-state index in [0.29, 0.717) is 31.0 Å². The topological polar surface area (TPSA) is 87.5 Å². The van der Waals surface area contributed by atoms with E-state index in [0.717, 1.165) is 23.5 Å². The van der Waals surface area contributed by atoms with Gasteiger partial charge < -0.3 is 15.0 Å². The highest BCUT2D eigenvalue weighted by atomic mass is 19.4. The number of carbonyl (C=O) groups is 1. The summed E-state index contributed by atoms with van der Waals surface area (Å²) >= 11 is 0. The maximum Gasteiger partial charge on any atom is 0.451 e. The van der Waals surface area contributed by atoms with Gasteiger partial charge in [0.25, 0.3) is 0 Å². The number of aryl methyl sites for hydroxylation is 1. The van der Waals surface area contributed by atoms with Crippen LogP contribution in [0.25, 0.3) is 5.52 Å². The van der Waals surface area contributed by atoms with Gasteiger partial charge >= 0.3 is 6.18 Å². The number of alkyl halides is 3. The molecule has 3 aromatic rings. The molecule has 0 saturated carbocycles. The molecule has 1 aliphatic heterocycles. The molecule has 8 nitrogen and oxygen atoms in total. The Morgan fingerprint density at radius 2 is 1.94 bits per heavy atom. The van der Waals surface area contributed by atoms with Gasteiger partial charge in [-0.05, 0) is 32.4 Å². The van der Waals surface area contributed by atoms with Crippen LogP contribution in [0.1, 0.15) is 36.6 Å². The van der Waals surface area contributed by atoms with Crippen molar-refractivity contribution in [2.75, 3.05) is 19.6 Å². The summed E-state index contributed by atoms with van der Waals surface area (Å²) in [5.74, 6) is -0.657. The SMILES string of the molecule is Cc1cccn2c(C(C)(C)NC(=O)[C@@H]3CNCCN3Cc3cnc(C(F)(F)F)nc3)ncc12. The highest BCUT2D eigenvalue weighted by Gasteiger charge is 2.36. The monoisotopic (exact) mass is 461 g/mol. The van der Waals surface area contributed by atoms with Gasteiger partial charge in [-0.1, -0.05) is 6.07 Å². The fourth-order valence-corrected chi connectivity index (χ4v) is 4.08. The zero-order valence-electron chi connectivity index (χ0n) is 18.6. The number of nitrogens with one attached hydrogen (secondary N) is 2. The van der Waals surface area contributed by atoms with Gasteiger partial charge in [0, 0.05) is 50.3 Å². The highest BCUT2D eigenvalue weighted by Crippen LogP contribution is 2.26. The first kappa shape index (κ1) is 23.1. The quantitative estimate of drug-likeness (QED) is 0.606. The second-order valence-electron chi connectivity index (χ2n) is 8.75. The zero-order valence-corrected chi connectivity index (χ0v) is 18.6. The van der Waals surface area contributed by atoms with E-state index in [2.05, 4.69) is 25.6 Å². The van der Waals surface area contributed by atoms with E-state index in [1.54, 1.807) is 6.20 Å². The van der Waals surface area contributed by atoms with Crippen molar-refractivity contribution in [3.8, 4) is 0 Å².